The standard InChI is InChI=1S/C18H19FN2O3/c19-14-3-7-16(8-4-14)24-15-5-1-13(2-6-15)11-21-18(22)17-12-23-10-9-20-17/h1-8,17,20H,9-12H2,(H,21,22). The highest BCUT2D eigenvalue weighted by Crippen LogP contribution is 2.21. The van der Waals surface area contributed by atoms with E-state index >= 15 is 0 Å². The van der Waals surface area contributed by atoms with Crippen LogP contribution < -0.4 is 15.4 Å². The van der Waals surface area contributed by atoms with Gasteiger partial charge in [-0.05, 0) is 42.0 Å². The van der Waals surface area contributed by atoms with Crippen molar-refractivity contribution in [2.45, 2.75) is 12.6 Å². The molecular formula is C18H19FN2O3. The average molecular weight is 330 g/mol. The lowest BCUT2D eigenvalue weighted by Crippen LogP contribution is -2.51. The molecule has 3 rings (SSSR count). The molecule has 1 aliphatic rings. The third-order valence-corrected chi connectivity index (χ3v) is 3.68. The van der Waals surface area contributed by atoms with Gasteiger partial charge in [0.2, 0.25) is 5.91 Å². The van der Waals surface area contributed by atoms with Crippen LogP contribution in [0.3, 0.4) is 0 Å². The van der Waals surface area contributed by atoms with E-state index in [0.29, 0.717) is 37.8 Å². The zero-order valence-electron chi connectivity index (χ0n) is 13.1. The second kappa shape index (κ2) is 7.90. The van der Waals surface area contributed by atoms with Gasteiger partial charge in [-0.25, -0.2) is 4.39 Å². The van der Waals surface area contributed by atoms with Crippen molar-refractivity contribution in [2.24, 2.45) is 0 Å². The van der Waals surface area contributed by atoms with Crippen LogP contribution in [0.4, 0.5) is 4.39 Å². The number of rotatable bonds is 5. The minimum Gasteiger partial charge on any atom is -0.457 e. The first-order valence-corrected chi connectivity index (χ1v) is 7.82. The third kappa shape index (κ3) is 4.53. The molecule has 0 radical (unpaired) electrons. The van der Waals surface area contributed by atoms with E-state index in [9.17, 15) is 9.18 Å². The van der Waals surface area contributed by atoms with Crippen molar-refractivity contribution in [1.29, 1.82) is 0 Å². The van der Waals surface area contributed by atoms with Gasteiger partial charge in [-0.3, -0.25) is 4.79 Å². The van der Waals surface area contributed by atoms with Crippen molar-refractivity contribution < 1.29 is 18.7 Å². The van der Waals surface area contributed by atoms with Gasteiger partial charge in [0.1, 0.15) is 23.4 Å². The summed E-state index contributed by atoms with van der Waals surface area (Å²) in [6, 6.07) is 12.9. The first kappa shape index (κ1) is 16.4. The summed E-state index contributed by atoms with van der Waals surface area (Å²) in [5.41, 5.74) is 0.964. The smallest absolute Gasteiger partial charge is 0.239 e. The summed E-state index contributed by atoms with van der Waals surface area (Å²) in [6.45, 7) is 2.16. The molecule has 2 aromatic rings. The van der Waals surface area contributed by atoms with Crippen LogP contribution in [0.25, 0.3) is 0 Å². The van der Waals surface area contributed by atoms with Crippen LogP contribution in [-0.2, 0) is 16.1 Å². The van der Waals surface area contributed by atoms with E-state index in [1.54, 1.807) is 12.1 Å². The van der Waals surface area contributed by atoms with Gasteiger partial charge < -0.3 is 20.1 Å². The Morgan fingerprint density at radius 1 is 1.17 bits per heavy atom. The van der Waals surface area contributed by atoms with Crippen LogP contribution in [0.15, 0.2) is 48.5 Å². The molecule has 1 saturated heterocycles. The summed E-state index contributed by atoms with van der Waals surface area (Å²) in [5, 5.41) is 5.99. The van der Waals surface area contributed by atoms with Gasteiger partial charge in [0, 0.05) is 13.1 Å². The normalized spacial score (nSPS) is 17.3. The third-order valence-electron chi connectivity index (χ3n) is 3.68. The molecular weight excluding hydrogens is 311 g/mol. The van der Waals surface area contributed by atoms with Crippen molar-refractivity contribution in [3.8, 4) is 11.5 Å². The summed E-state index contributed by atoms with van der Waals surface area (Å²) < 4.78 is 23.8. The fourth-order valence-corrected chi connectivity index (χ4v) is 2.36. The number of hydrogen-bond acceptors (Lipinski definition) is 4. The number of ether oxygens (including phenoxy) is 2. The van der Waals surface area contributed by atoms with Crippen molar-refractivity contribution in [3.63, 3.8) is 0 Å². The summed E-state index contributed by atoms with van der Waals surface area (Å²) in [4.78, 5) is 12.0. The van der Waals surface area contributed by atoms with E-state index in [-0.39, 0.29) is 17.8 Å². The molecule has 2 aromatic carbocycles. The maximum atomic E-state index is 12.9. The molecule has 6 heteroatoms. The fourth-order valence-electron chi connectivity index (χ4n) is 2.36. The monoisotopic (exact) mass is 330 g/mol. The summed E-state index contributed by atoms with van der Waals surface area (Å²) in [6.07, 6.45) is 0. The molecule has 1 fully saturated rings. The summed E-state index contributed by atoms with van der Waals surface area (Å²) in [7, 11) is 0. The zero-order valence-corrected chi connectivity index (χ0v) is 13.1. The largest absolute Gasteiger partial charge is 0.457 e. The Hall–Kier alpha value is -2.44. The van der Waals surface area contributed by atoms with Crippen molar-refractivity contribution in [3.05, 3.63) is 59.9 Å². The summed E-state index contributed by atoms with van der Waals surface area (Å²) in [5.74, 6) is 0.854. The lowest BCUT2D eigenvalue weighted by atomic mass is 10.2. The van der Waals surface area contributed by atoms with Crippen LogP contribution in [0.2, 0.25) is 0 Å². The number of morpholine rings is 1. The lowest BCUT2D eigenvalue weighted by molar-refractivity contribution is -0.126. The number of benzene rings is 2. The lowest BCUT2D eigenvalue weighted by Gasteiger charge is -2.22. The number of halogens is 1. The molecule has 126 valence electrons. The van der Waals surface area contributed by atoms with E-state index in [4.69, 9.17) is 9.47 Å². The maximum Gasteiger partial charge on any atom is 0.239 e. The molecule has 1 unspecified atom stereocenters. The number of carbonyl (C=O) groups is 1. The zero-order chi connectivity index (χ0) is 16.8. The van der Waals surface area contributed by atoms with Crippen LogP contribution in [-0.4, -0.2) is 31.7 Å². The molecule has 1 aliphatic heterocycles. The van der Waals surface area contributed by atoms with Crippen LogP contribution >= 0.6 is 0 Å². The van der Waals surface area contributed by atoms with Crippen molar-refractivity contribution >= 4 is 5.91 Å². The first-order valence-electron chi connectivity index (χ1n) is 7.82. The van der Waals surface area contributed by atoms with E-state index < -0.39 is 0 Å². The van der Waals surface area contributed by atoms with Crippen molar-refractivity contribution in [1.82, 2.24) is 10.6 Å². The second-order valence-electron chi connectivity index (χ2n) is 5.50. The predicted octanol–water partition coefficient (Wildman–Crippen LogP) is 2.22. The van der Waals surface area contributed by atoms with Gasteiger partial charge in [-0.1, -0.05) is 12.1 Å². The molecule has 0 aliphatic carbocycles. The molecule has 1 heterocycles. The highest BCUT2D eigenvalue weighted by atomic mass is 19.1. The SMILES string of the molecule is O=C(NCc1ccc(Oc2ccc(F)cc2)cc1)C1COCCN1. The Kier molecular flexibility index (Phi) is 5.40. The second-order valence-corrected chi connectivity index (χ2v) is 5.50. The Labute approximate surface area is 139 Å². The minimum atomic E-state index is -0.300. The van der Waals surface area contributed by atoms with Crippen LogP contribution in [0, 0.1) is 5.82 Å². The van der Waals surface area contributed by atoms with E-state index in [1.165, 1.54) is 12.1 Å². The number of amides is 1. The number of hydrogen-bond donors (Lipinski definition) is 2. The Balaban J connectivity index is 1.50. The first-order chi connectivity index (χ1) is 11.7. The van der Waals surface area contributed by atoms with Gasteiger partial charge in [-0.15, -0.1) is 0 Å². The van der Waals surface area contributed by atoms with Gasteiger partial charge in [0.15, 0.2) is 0 Å². The van der Waals surface area contributed by atoms with Gasteiger partial charge in [-0.2, -0.15) is 0 Å². The molecule has 0 saturated carbocycles. The van der Waals surface area contributed by atoms with E-state index in [2.05, 4.69) is 10.6 Å². The highest BCUT2D eigenvalue weighted by Gasteiger charge is 2.20. The van der Waals surface area contributed by atoms with E-state index in [1.807, 2.05) is 24.3 Å². The van der Waals surface area contributed by atoms with Gasteiger partial charge >= 0.3 is 0 Å². The maximum absolute atomic E-state index is 12.9. The van der Waals surface area contributed by atoms with Gasteiger partial charge in [0.25, 0.3) is 0 Å². The quantitative estimate of drug-likeness (QED) is 0.883. The highest BCUT2D eigenvalue weighted by molar-refractivity contribution is 5.81. The number of carbonyl (C=O) groups excluding carboxylic acids is 1. The summed E-state index contributed by atoms with van der Waals surface area (Å²) >= 11 is 0. The molecule has 1 atom stereocenters. The number of nitrogens with one attached hydrogen (secondary N) is 2. The molecule has 0 bridgehead atoms. The minimum absolute atomic E-state index is 0.0682. The average Bonchev–Trinajstić information content (AvgIpc) is 2.63. The van der Waals surface area contributed by atoms with Crippen molar-refractivity contribution in [2.75, 3.05) is 19.8 Å². The van der Waals surface area contributed by atoms with Crippen LogP contribution in [0.5, 0.6) is 11.5 Å². The Morgan fingerprint density at radius 3 is 2.46 bits per heavy atom. The van der Waals surface area contributed by atoms with Crippen LogP contribution in [0.1, 0.15) is 5.56 Å². The molecule has 2 N–H and O–H groups in total. The Morgan fingerprint density at radius 2 is 1.83 bits per heavy atom. The molecule has 24 heavy (non-hydrogen) atoms. The topological polar surface area (TPSA) is 59.6 Å². The van der Waals surface area contributed by atoms with Gasteiger partial charge in [0.05, 0.1) is 13.2 Å². The molecule has 5 nitrogen and oxygen atoms in total. The predicted molar refractivity (Wildman–Crippen MR) is 87.4 cm³/mol. The van der Waals surface area contributed by atoms with E-state index in [0.717, 1.165) is 5.56 Å². The molecule has 1 amide bonds. The molecule has 0 aromatic heterocycles. The fraction of sp³-hybridized carbons (Fsp3) is 0.278. The molecule has 0 spiro atoms. The Bertz CT molecular complexity index is 668.